The summed E-state index contributed by atoms with van der Waals surface area (Å²) in [5, 5.41) is -0.113. The number of carbonyl (C=O) groups excluding carboxylic acids is 1. The molecule has 1 aliphatic rings. The second-order valence-electron chi connectivity index (χ2n) is 5.32. The fraction of sp³-hybridized carbons (Fsp3) is 0.235. The minimum atomic E-state index is -4.41. The Balaban J connectivity index is 1.92. The highest BCUT2D eigenvalue weighted by atomic mass is 35.5. The van der Waals surface area contributed by atoms with Crippen LogP contribution >= 0.6 is 23.4 Å². The molecule has 1 atom stereocenters. The summed E-state index contributed by atoms with van der Waals surface area (Å²) in [6, 6.07) is 11.8. The highest BCUT2D eigenvalue weighted by Crippen LogP contribution is 2.41. The van der Waals surface area contributed by atoms with Gasteiger partial charge in [0.2, 0.25) is 0 Å². The molecule has 0 N–H and O–H groups in total. The molecule has 0 bridgehead atoms. The zero-order valence-electron chi connectivity index (χ0n) is 12.4. The molecule has 3 rings (SSSR count). The summed E-state index contributed by atoms with van der Waals surface area (Å²) in [5.74, 6) is 0.393. The minimum absolute atomic E-state index is 0.270. The predicted octanol–water partition coefficient (Wildman–Crippen LogP) is 5.25. The van der Waals surface area contributed by atoms with Crippen LogP contribution in [-0.4, -0.2) is 23.1 Å². The molecule has 0 aliphatic carbocycles. The highest BCUT2D eigenvalue weighted by molar-refractivity contribution is 7.99. The molecule has 1 saturated heterocycles. The van der Waals surface area contributed by atoms with E-state index in [9.17, 15) is 18.0 Å². The van der Waals surface area contributed by atoms with Gasteiger partial charge in [-0.2, -0.15) is 13.2 Å². The Bertz CT molecular complexity index is 765. The molecule has 2 nitrogen and oxygen atoms in total. The molecule has 1 amide bonds. The quantitative estimate of drug-likeness (QED) is 0.719. The lowest BCUT2D eigenvalue weighted by atomic mass is 10.1. The second kappa shape index (κ2) is 6.69. The molecule has 1 fully saturated rings. The van der Waals surface area contributed by atoms with Crippen molar-refractivity contribution in [3.8, 4) is 0 Å². The van der Waals surface area contributed by atoms with Gasteiger partial charge < -0.3 is 4.90 Å². The van der Waals surface area contributed by atoms with Crippen molar-refractivity contribution >= 4 is 29.3 Å². The summed E-state index contributed by atoms with van der Waals surface area (Å²) in [6.07, 6.45) is -4.41. The number of benzene rings is 2. The third-order valence-electron chi connectivity index (χ3n) is 3.76. The molecule has 126 valence electrons. The minimum Gasteiger partial charge on any atom is -0.322 e. The van der Waals surface area contributed by atoms with Crippen molar-refractivity contribution in [3.63, 3.8) is 0 Å². The lowest BCUT2D eigenvalue weighted by Crippen LogP contribution is -2.30. The van der Waals surface area contributed by atoms with Crippen LogP contribution in [0.1, 0.15) is 26.9 Å². The maximum Gasteiger partial charge on any atom is 0.416 e. The summed E-state index contributed by atoms with van der Waals surface area (Å²) in [4.78, 5) is 14.3. The number of nitrogens with zero attached hydrogens (tertiary/aromatic N) is 1. The van der Waals surface area contributed by atoms with Gasteiger partial charge in [-0.1, -0.05) is 35.9 Å². The summed E-state index contributed by atoms with van der Waals surface area (Å²) >= 11 is 7.52. The first kappa shape index (κ1) is 17.2. The maximum absolute atomic E-state index is 12.9. The van der Waals surface area contributed by atoms with Gasteiger partial charge >= 0.3 is 6.18 Å². The number of alkyl halides is 3. The van der Waals surface area contributed by atoms with E-state index in [1.165, 1.54) is 17.8 Å². The normalized spacial score (nSPS) is 18.0. The second-order valence-corrected chi connectivity index (χ2v) is 6.92. The van der Waals surface area contributed by atoms with Crippen molar-refractivity contribution in [2.75, 3.05) is 12.3 Å². The fourth-order valence-electron chi connectivity index (χ4n) is 2.61. The van der Waals surface area contributed by atoms with Crippen LogP contribution in [0.4, 0.5) is 13.2 Å². The zero-order valence-corrected chi connectivity index (χ0v) is 14.0. The number of rotatable bonds is 2. The third-order valence-corrected chi connectivity index (χ3v) is 5.35. The topological polar surface area (TPSA) is 20.3 Å². The van der Waals surface area contributed by atoms with E-state index in [0.29, 0.717) is 28.4 Å². The van der Waals surface area contributed by atoms with Gasteiger partial charge in [0.05, 0.1) is 16.1 Å². The van der Waals surface area contributed by atoms with Gasteiger partial charge in [0, 0.05) is 12.3 Å². The Morgan fingerprint density at radius 2 is 1.92 bits per heavy atom. The van der Waals surface area contributed by atoms with E-state index in [2.05, 4.69) is 0 Å². The molecule has 0 aromatic heterocycles. The first-order valence-electron chi connectivity index (χ1n) is 7.22. The monoisotopic (exact) mass is 371 g/mol. The van der Waals surface area contributed by atoms with Crippen LogP contribution in [0.5, 0.6) is 0 Å². The molecule has 2 aromatic carbocycles. The smallest absolute Gasteiger partial charge is 0.322 e. The van der Waals surface area contributed by atoms with E-state index in [0.717, 1.165) is 12.1 Å². The van der Waals surface area contributed by atoms with E-state index in [1.807, 2.05) is 0 Å². The Hall–Kier alpha value is -1.66. The summed E-state index contributed by atoms with van der Waals surface area (Å²) in [7, 11) is 0. The molecule has 0 unspecified atom stereocenters. The van der Waals surface area contributed by atoms with E-state index >= 15 is 0 Å². The Morgan fingerprint density at radius 1 is 1.17 bits per heavy atom. The average Bonchev–Trinajstić information content (AvgIpc) is 3.03. The van der Waals surface area contributed by atoms with Gasteiger partial charge in [-0.3, -0.25) is 4.79 Å². The van der Waals surface area contributed by atoms with Crippen molar-refractivity contribution in [2.45, 2.75) is 11.6 Å². The average molecular weight is 372 g/mol. The van der Waals surface area contributed by atoms with E-state index in [4.69, 9.17) is 11.6 Å². The van der Waals surface area contributed by atoms with Crippen LogP contribution in [0.15, 0.2) is 48.5 Å². The van der Waals surface area contributed by atoms with Crippen LogP contribution in [0.3, 0.4) is 0 Å². The molecule has 2 aromatic rings. The number of thioether (sulfide) groups is 1. The van der Waals surface area contributed by atoms with E-state index in [1.54, 1.807) is 35.2 Å². The number of hydrogen-bond acceptors (Lipinski definition) is 2. The largest absolute Gasteiger partial charge is 0.416 e. The number of hydrogen-bond donors (Lipinski definition) is 0. The first-order chi connectivity index (χ1) is 11.4. The van der Waals surface area contributed by atoms with Gasteiger partial charge in [0.1, 0.15) is 5.37 Å². The molecule has 1 heterocycles. The summed E-state index contributed by atoms with van der Waals surface area (Å²) in [6.45, 7) is 0.468. The van der Waals surface area contributed by atoms with Crippen LogP contribution in [0, 0.1) is 0 Å². The lowest BCUT2D eigenvalue weighted by Gasteiger charge is -2.25. The summed E-state index contributed by atoms with van der Waals surface area (Å²) < 4.78 is 38.8. The van der Waals surface area contributed by atoms with E-state index < -0.39 is 17.1 Å². The number of halogens is 4. The first-order valence-corrected chi connectivity index (χ1v) is 8.65. The van der Waals surface area contributed by atoms with Crippen LogP contribution < -0.4 is 0 Å². The molecule has 0 saturated carbocycles. The van der Waals surface area contributed by atoms with Crippen molar-refractivity contribution in [3.05, 3.63) is 70.2 Å². The highest BCUT2D eigenvalue weighted by Gasteiger charge is 2.35. The molecular weight excluding hydrogens is 359 g/mol. The lowest BCUT2D eigenvalue weighted by molar-refractivity contribution is -0.137. The van der Waals surface area contributed by atoms with Crippen molar-refractivity contribution in [1.29, 1.82) is 0 Å². The zero-order chi connectivity index (χ0) is 17.3. The van der Waals surface area contributed by atoms with Gasteiger partial charge in [0.15, 0.2) is 0 Å². The Morgan fingerprint density at radius 3 is 2.62 bits per heavy atom. The molecular formula is C17H13ClF3NOS. The van der Waals surface area contributed by atoms with Crippen molar-refractivity contribution < 1.29 is 18.0 Å². The maximum atomic E-state index is 12.9. The van der Waals surface area contributed by atoms with E-state index in [-0.39, 0.29) is 5.91 Å². The molecule has 0 spiro atoms. The standard InChI is InChI=1S/C17H13ClF3NOS/c18-14-7-2-1-6-13(14)15(23)22-8-9-24-16(22)11-4-3-5-12(10-11)17(19,20)21/h1-7,10,16H,8-9H2/t16-/m0/s1. The van der Waals surface area contributed by atoms with Crippen LogP contribution in [-0.2, 0) is 6.18 Å². The number of carbonyl (C=O) groups is 1. The SMILES string of the molecule is O=C(c1ccccc1Cl)N1CCS[C@H]1c1cccc(C(F)(F)F)c1. The molecule has 0 radical (unpaired) electrons. The molecule has 1 aliphatic heterocycles. The van der Waals surface area contributed by atoms with Crippen LogP contribution in [0.2, 0.25) is 5.02 Å². The molecule has 24 heavy (non-hydrogen) atoms. The van der Waals surface area contributed by atoms with Gasteiger partial charge in [-0.05, 0) is 29.8 Å². The van der Waals surface area contributed by atoms with Crippen molar-refractivity contribution in [2.24, 2.45) is 0 Å². The van der Waals surface area contributed by atoms with Crippen LogP contribution in [0.25, 0.3) is 0 Å². The predicted molar refractivity (Wildman–Crippen MR) is 89.1 cm³/mol. The van der Waals surface area contributed by atoms with Gasteiger partial charge in [-0.25, -0.2) is 0 Å². The Kier molecular flexibility index (Phi) is 4.78. The van der Waals surface area contributed by atoms with Gasteiger partial charge in [-0.15, -0.1) is 11.8 Å². The number of amides is 1. The summed E-state index contributed by atoms with van der Waals surface area (Å²) in [5.41, 5.74) is 0.115. The fourth-order valence-corrected chi connectivity index (χ4v) is 4.07. The molecule has 7 heteroatoms. The van der Waals surface area contributed by atoms with Gasteiger partial charge in [0.25, 0.3) is 5.91 Å². The Labute approximate surface area is 146 Å². The third kappa shape index (κ3) is 3.39. The van der Waals surface area contributed by atoms with Crippen molar-refractivity contribution in [1.82, 2.24) is 4.90 Å².